The van der Waals surface area contributed by atoms with Crippen LogP contribution >= 0.6 is 12.6 Å². The molecule has 0 radical (unpaired) electrons. The first-order valence-corrected chi connectivity index (χ1v) is 6.54. The fraction of sp³-hybridized carbons (Fsp3) is 0.500. The average molecular weight is 267 g/mol. The summed E-state index contributed by atoms with van der Waals surface area (Å²) in [5, 5.41) is 3.00. The molecule has 0 saturated carbocycles. The summed E-state index contributed by atoms with van der Waals surface area (Å²) in [7, 11) is 1.65. The van der Waals surface area contributed by atoms with Crippen molar-refractivity contribution in [3.05, 3.63) is 29.8 Å². The lowest BCUT2D eigenvalue weighted by Crippen LogP contribution is -2.42. The quantitative estimate of drug-likeness (QED) is 0.776. The molecule has 3 nitrogen and oxygen atoms in total. The summed E-state index contributed by atoms with van der Waals surface area (Å²) in [5.41, 5.74) is 0.991. The van der Waals surface area contributed by atoms with Crippen molar-refractivity contribution in [1.29, 1.82) is 0 Å². The van der Waals surface area contributed by atoms with E-state index < -0.39 is 0 Å². The predicted molar refractivity (Wildman–Crippen MR) is 76.0 cm³/mol. The van der Waals surface area contributed by atoms with E-state index in [-0.39, 0.29) is 11.9 Å². The molecule has 1 N–H and O–H groups in total. The number of methoxy groups -OCH3 is 1. The van der Waals surface area contributed by atoms with Crippen LogP contribution in [0.3, 0.4) is 0 Å². The molecule has 1 atom stereocenters. The van der Waals surface area contributed by atoms with Gasteiger partial charge in [-0.1, -0.05) is 26.0 Å². The van der Waals surface area contributed by atoms with Crippen LogP contribution in [-0.4, -0.2) is 25.7 Å². The Morgan fingerprint density at radius 1 is 1.33 bits per heavy atom. The smallest absolute Gasteiger partial charge is 0.224 e. The largest absolute Gasteiger partial charge is 0.383 e. The molecule has 0 saturated heterocycles. The molecule has 18 heavy (non-hydrogen) atoms. The average Bonchev–Trinajstić information content (AvgIpc) is 2.31. The van der Waals surface area contributed by atoms with E-state index in [1.807, 2.05) is 24.3 Å². The van der Waals surface area contributed by atoms with Gasteiger partial charge in [-0.3, -0.25) is 4.79 Å². The number of nitrogens with one attached hydrogen (secondary N) is 1. The van der Waals surface area contributed by atoms with Gasteiger partial charge < -0.3 is 10.1 Å². The Bertz CT molecular complexity index is 376. The minimum Gasteiger partial charge on any atom is -0.383 e. The molecular formula is C14H21NO2S. The van der Waals surface area contributed by atoms with Gasteiger partial charge in [0.05, 0.1) is 19.1 Å². The van der Waals surface area contributed by atoms with Gasteiger partial charge in [0, 0.05) is 12.0 Å². The minimum atomic E-state index is 0.0256. The molecule has 0 aliphatic rings. The number of amides is 1. The Balaban J connectivity index is 2.52. The summed E-state index contributed by atoms with van der Waals surface area (Å²) < 4.78 is 5.11. The van der Waals surface area contributed by atoms with Crippen LogP contribution in [0, 0.1) is 5.92 Å². The first-order valence-electron chi connectivity index (χ1n) is 6.09. The van der Waals surface area contributed by atoms with Crippen molar-refractivity contribution < 1.29 is 9.53 Å². The molecule has 1 aromatic rings. The standard InChI is InChI=1S/C14H21NO2S/c1-10(2)13(9-17-3)15-14(16)8-11-4-6-12(18)7-5-11/h4-7,10,13,18H,8-9H2,1-3H3,(H,15,16). The number of hydrogen-bond acceptors (Lipinski definition) is 3. The van der Waals surface area contributed by atoms with Crippen LogP contribution < -0.4 is 5.32 Å². The van der Waals surface area contributed by atoms with Gasteiger partial charge in [0.25, 0.3) is 0 Å². The van der Waals surface area contributed by atoms with E-state index in [0.29, 0.717) is 18.9 Å². The van der Waals surface area contributed by atoms with Crippen LogP contribution in [-0.2, 0) is 16.0 Å². The molecule has 0 bridgehead atoms. The fourth-order valence-corrected chi connectivity index (χ4v) is 1.79. The molecule has 1 rings (SSSR count). The lowest BCUT2D eigenvalue weighted by Gasteiger charge is -2.21. The third-order valence-electron chi connectivity index (χ3n) is 2.80. The van der Waals surface area contributed by atoms with E-state index in [1.54, 1.807) is 7.11 Å². The molecule has 4 heteroatoms. The van der Waals surface area contributed by atoms with Crippen LogP contribution in [0.5, 0.6) is 0 Å². The van der Waals surface area contributed by atoms with Crippen LogP contribution in [0.4, 0.5) is 0 Å². The van der Waals surface area contributed by atoms with E-state index in [2.05, 4.69) is 31.8 Å². The number of carbonyl (C=O) groups is 1. The minimum absolute atomic E-state index is 0.0256. The van der Waals surface area contributed by atoms with Crippen LogP contribution in [0.1, 0.15) is 19.4 Å². The summed E-state index contributed by atoms with van der Waals surface area (Å²) >= 11 is 4.22. The molecule has 0 aliphatic heterocycles. The number of benzene rings is 1. The van der Waals surface area contributed by atoms with Gasteiger partial charge >= 0.3 is 0 Å². The molecule has 0 fully saturated rings. The summed E-state index contributed by atoms with van der Waals surface area (Å²) in [5.74, 6) is 0.381. The van der Waals surface area contributed by atoms with Gasteiger partial charge in [0.1, 0.15) is 0 Å². The zero-order valence-corrected chi connectivity index (χ0v) is 12.0. The number of rotatable bonds is 6. The number of thiol groups is 1. The molecule has 0 spiro atoms. The van der Waals surface area contributed by atoms with Crippen molar-refractivity contribution in [3.8, 4) is 0 Å². The maximum absolute atomic E-state index is 11.9. The number of carbonyl (C=O) groups excluding carboxylic acids is 1. The third kappa shape index (κ3) is 5.10. The van der Waals surface area contributed by atoms with Gasteiger partial charge in [-0.15, -0.1) is 12.6 Å². The molecule has 1 unspecified atom stereocenters. The maximum atomic E-state index is 11.9. The van der Waals surface area contributed by atoms with E-state index in [9.17, 15) is 4.79 Å². The van der Waals surface area contributed by atoms with Crippen molar-refractivity contribution >= 4 is 18.5 Å². The van der Waals surface area contributed by atoms with Crippen LogP contribution in [0.2, 0.25) is 0 Å². The topological polar surface area (TPSA) is 38.3 Å². The lowest BCUT2D eigenvalue weighted by atomic mass is 10.0. The number of hydrogen-bond donors (Lipinski definition) is 2. The molecule has 0 aromatic heterocycles. The Hall–Kier alpha value is -1.00. The summed E-state index contributed by atoms with van der Waals surface area (Å²) in [6, 6.07) is 7.68. The van der Waals surface area contributed by atoms with E-state index in [1.165, 1.54) is 0 Å². The highest BCUT2D eigenvalue weighted by atomic mass is 32.1. The molecule has 1 aromatic carbocycles. The van der Waals surface area contributed by atoms with Gasteiger partial charge in [-0.05, 0) is 23.6 Å². The lowest BCUT2D eigenvalue weighted by molar-refractivity contribution is -0.121. The highest BCUT2D eigenvalue weighted by Crippen LogP contribution is 2.09. The monoisotopic (exact) mass is 267 g/mol. The van der Waals surface area contributed by atoms with Crippen molar-refractivity contribution in [3.63, 3.8) is 0 Å². The van der Waals surface area contributed by atoms with Gasteiger partial charge in [0.2, 0.25) is 5.91 Å². The normalized spacial score (nSPS) is 12.5. The second-order valence-electron chi connectivity index (χ2n) is 4.72. The molecule has 0 aliphatic carbocycles. The predicted octanol–water partition coefficient (Wildman–Crippen LogP) is 2.30. The highest BCUT2D eigenvalue weighted by Gasteiger charge is 2.15. The number of ether oxygens (including phenoxy) is 1. The van der Waals surface area contributed by atoms with E-state index in [4.69, 9.17) is 4.74 Å². The maximum Gasteiger partial charge on any atom is 0.224 e. The van der Waals surface area contributed by atoms with Crippen molar-refractivity contribution in [1.82, 2.24) is 5.32 Å². The molecule has 1 amide bonds. The molecular weight excluding hydrogens is 246 g/mol. The van der Waals surface area contributed by atoms with Gasteiger partial charge in [-0.25, -0.2) is 0 Å². The van der Waals surface area contributed by atoms with Crippen molar-refractivity contribution in [2.45, 2.75) is 31.2 Å². The van der Waals surface area contributed by atoms with E-state index >= 15 is 0 Å². The van der Waals surface area contributed by atoms with E-state index in [0.717, 1.165) is 10.5 Å². The summed E-state index contributed by atoms with van der Waals surface area (Å²) in [6.45, 7) is 4.68. The van der Waals surface area contributed by atoms with Crippen molar-refractivity contribution in [2.24, 2.45) is 5.92 Å². The third-order valence-corrected chi connectivity index (χ3v) is 3.10. The molecule has 100 valence electrons. The molecule has 0 heterocycles. The SMILES string of the molecule is COCC(NC(=O)Cc1ccc(S)cc1)C(C)C. The summed E-state index contributed by atoms with van der Waals surface area (Å²) in [4.78, 5) is 12.8. The van der Waals surface area contributed by atoms with Crippen molar-refractivity contribution in [2.75, 3.05) is 13.7 Å². The van der Waals surface area contributed by atoms with Gasteiger partial charge in [0.15, 0.2) is 0 Å². The first kappa shape index (κ1) is 15.1. The van der Waals surface area contributed by atoms with Crippen LogP contribution in [0.25, 0.3) is 0 Å². The Morgan fingerprint density at radius 3 is 2.44 bits per heavy atom. The fourth-order valence-electron chi connectivity index (χ4n) is 1.64. The Morgan fingerprint density at radius 2 is 1.94 bits per heavy atom. The second-order valence-corrected chi connectivity index (χ2v) is 5.23. The van der Waals surface area contributed by atoms with Gasteiger partial charge in [-0.2, -0.15) is 0 Å². The Labute approximate surface area is 114 Å². The first-order chi connectivity index (χ1) is 8.52. The highest BCUT2D eigenvalue weighted by molar-refractivity contribution is 7.80. The summed E-state index contributed by atoms with van der Waals surface area (Å²) in [6.07, 6.45) is 0.390. The second kappa shape index (κ2) is 7.44. The van der Waals surface area contributed by atoms with Crippen LogP contribution in [0.15, 0.2) is 29.2 Å². The zero-order valence-electron chi connectivity index (χ0n) is 11.1. The Kier molecular flexibility index (Phi) is 6.22. The zero-order chi connectivity index (χ0) is 13.5.